The lowest BCUT2D eigenvalue weighted by molar-refractivity contribution is 0.852. The van der Waals surface area contributed by atoms with Crippen molar-refractivity contribution >= 4 is 10.2 Å². The van der Waals surface area contributed by atoms with Crippen molar-refractivity contribution in [1.29, 1.82) is 0 Å². The second-order valence-corrected chi connectivity index (χ2v) is 3.87. The Balaban J connectivity index is 3.04. The molecule has 0 aromatic heterocycles. The summed E-state index contributed by atoms with van der Waals surface area (Å²) in [5.41, 5.74) is 4.21. The van der Waals surface area contributed by atoms with Crippen molar-refractivity contribution in [3.63, 3.8) is 0 Å². The maximum atomic E-state index is 3.56. The fraction of sp³-hybridized carbons (Fsp3) is 0.455. The van der Waals surface area contributed by atoms with Gasteiger partial charge in [0.2, 0.25) is 0 Å². The maximum absolute atomic E-state index is 3.56. The third-order valence-corrected chi connectivity index (χ3v) is 2.88. The molecule has 1 unspecified atom stereocenters. The molecule has 0 heterocycles. The van der Waals surface area contributed by atoms with Crippen LogP contribution >= 0.6 is 0 Å². The number of hydrogen-bond acceptors (Lipinski definition) is 0. The SMILES string of the molecule is Cc1ccc(C)c(C(C)C[Si])c1. The van der Waals surface area contributed by atoms with Gasteiger partial charge >= 0.3 is 0 Å². The van der Waals surface area contributed by atoms with Crippen LogP contribution in [0.5, 0.6) is 0 Å². The molecule has 0 bridgehead atoms. The average Bonchev–Trinajstić information content (AvgIpc) is 2.08. The molecule has 0 saturated carbocycles. The molecule has 0 nitrogen and oxygen atoms in total. The highest BCUT2D eigenvalue weighted by Gasteiger charge is 2.05. The number of hydrogen-bond donors (Lipinski definition) is 0. The third-order valence-electron chi connectivity index (χ3n) is 2.27. The molecule has 1 aromatic rings. The first-order chi connectivity index (χ1) is 5.65. The topological polar surface area (TPSA) is 0 Å². The van der Waals surface area contributed by atoms with Crippen LogP contribution in [0.15, 0.2) is 18.2 Å². The van der Waals surface area contributed by atoms with Crippen molar-refractivity contribution in [3.8, 4) is 0 Å². The summed E-state index contributed by atoms with van der Waals surface area (Å²) in [4.78, 5) is 0. The normalized spacial score (nSPS) is 13.0. The van der Waals surface area contributed by atoms with E-state index in [0.29, 0.717) is 5.92 Å². The van der Waals surface area contributed by atoms with Gasteiger partial charge in [0.25, 0.3) is 0 Å². The van der Waals surface area contributed by atoms with Gasteiger partial charge < -0.3 is 0 Å². The fourth-order valence-electron chi connectivity index (χ4n) is 1.40. The number of rotatable bonds is 2. The highest BCUT2D eigenvalue weighted by molar-refractivity contribution is 6.09. The Morgan fingerprint density at radius 2 is 2.00 bits per heavy atom. The second-order valence-electron chi connectivity index (χ2n) is 3.47. The molecule has 1 aromatic carbocycles. The van der Waals surface area contributed by atoms with Crippen molar-refractivity contribution in [1.82, 2.24) is 0 Å². The zero-order valence-corrected chi connectivity index (χ0v) is 9.02. The first-order valence-electron chi connectivity index (χ1n) is 4.37. The van der Waals surface area contributed by atoms with Gasteiger partial charge in [-0.15, -0.1) is 0 Å². The van der Waals surface area contributed by atoms with Gasteiger partial charge in [-0.25, -0.2) is 0 Å². The quantitative estimate of drug-likeness (QED) is 0.606. The van der Waals surface area contributed by atoms with Crippen LogP contribution in [-0.2, 0) is 0 Å². The zero-order chi connectivity index (χ0) is 9.14. The summed E-state index contributed by atoms with van der Waals surface area (Å²) in [6.45, 7) is 6.56. The molecule has 0 saturated heterocycles. The van der Waals surface area contributed by atoms with E-state index in [4.69, 9.17) is 0 Å². The number of benzene rings is 1. The van der Waals surface area contributed by atoms with Crippen LogP contribution in [0.2, 0.25) is 6.04 Å². The first kappa shape index (κ1) is 9.52. The Morgan fingerprint density at radius 3 is 2.58 bits per heavy atom. The Hall–Kier alpha value is -0.563. The standard InChI is InChI=1S/C11H15Si/c1-8-4-5-9(2)11(6-8)10(3)7-12/h4-6,10H,7H2,1-3H3. The minimum absolute atomic E-state index is 0.613. The van der Waals surface area contributed by atoms with Gasteiger partial charge in [0.1, 0.15) is 0 Å². The molecule has 0 amide bonds. The van der Waals surface area contributed by atoms with Crippen molar-refractivity contribution in [2.45, 2.75) is 32.7 Å². The molecule has 0 spiro atoms. The fourth-order valence-corrected chi connectivity index (χ4v) is 1.62. The van der Waals surface area contributed by atoms with E-state index in [-0.39, 0.29) is 0 Å². The summed E-state index contributed by atoms with van der Waals surface area (Å²) in [6.07, 6.45) is 0. The highest BCUT2D eigenvalue weighted by atomic mass is 28.1. The summed E-state index contributed by atoms with van der Waals surface area (Å²) in [5, 5.41) is 0. The van der Waals surface area contributed by atoms with Crippen LogP contribution in [0.25, 0.3) is 0 Å². The van der Waals surface area contributed by atoms with Crippen molar-refractivity contribution in [2.75, 3.05) is 0 Å². The molecule has 0 aliphatic rings. The number of aryl methyl sites for hydroxylation is 2. The van der Waals surface area contributed by atoms with Crippen LogP contribution in [0.3, 0.4) is 0 Å². The largest absolute Gasteiger partial charge is 0.0590 e. The lowest BCUT2D eigenvalue weighted by Crippen LogP contribution is -1.96. The molecule has 1 atom stereocenters. The van der Waals surface area contributed by atoms with E-state index >= 15 is 0 Å². The predicted molar refractivity (Wildman–Crippen MR) is 54.9 cm³/mol. The molecule has 3 radical (unpaired) electrons. The molecule has 0 aliphatic heterocycles. The monoisotopic (exact) mass is 175 g/mol. The molecule has 0 N–H and O–H groups in total. The van der Waals surface area contributed by atoms with Crippen LogP contribution in [0, 0.1) is 13.8 Å². The lowest BCUT2D eigenvalue weighted by atomic mass is 9.96. The van der Waals surface area contributed by atoms with Gasteiger partial charge in [0.15, 0.2) is 0 Å². The Bertz CT molecular complexity index is 266. The first-order valence-corrected chi connectivity index (χ1v) is 5.07. The molecule has 63 valence electrons. The summed E-state index contributed by atoms with van der Waals surface area (Å²) in [6, 6.07) is 7.67. The van der Waals surface area contributed by atoms with Crippen LogP contribution in [0.4, 0.5) is 0 Å². The molecule has 0 aliphatic carbocycles. The Kier molecular flexibility index (Phi) is 3.10. The molecule has 12 heavy (non-hydrogen) atoms. The average molecular weight is 175 g/mol. The Labute approximate surface area is 78.4 Å². The van der Waals surface area contributed by atoms with Crippen LogP contribution in [0.1, 0.15) is 29.5 Å². The smallest absolute Gasteiger partial charge is 0.0228 e. The van der Waals surface area contributed by atoms with E-state index in [0.717, 1.165) is 6.04 Å². The van der Waals surface area contributed by atoms with Crippen molar-refractivity contribution < 1.29 is 0 Å². The van der Waals surface area contributed by atoms with Crippen LogP contribution in [-0.4, -0.2) is 10.2 Å². The van der Waals surface area contributed by atoms with Crippen molar-refractivity contribution in [2.24, 2.45) is 0 Å². The van der Waals surface area contributed by atoms with Gasteiger partial charge in [-0.1, -0.05) is 36.7 Å². The summed E-state index contributed by atoms with van der Waals surface area (Å²) in [5.74, 6) is 0.613. The summed E-state index contributed by atoms with van der Waals surface area (Å²) >= 11 is 0. The maximum Gasteiger partial charge on any atom is 0.0228 e. The lowest BCUT2D eigenvalue weighted by Gasteiger charge is -2.12. The minimum Gasteiger partial charge on any atom is -0.0590 e. The highest BCUT2D eigenvalue weighted by Crippen LogP contribution is 2.22. The second kappa shape index (κ2) is 3.90. The van der Waals surface area contributed by atoms with E-state index in [2.05, 4.69) is 49.2 Å². The van der Waals surface area contributed by atoms with Crippen LogP contribution < -0.4 is 0 Å². The third kappa shape index (κ3) is 1.98. The van der Waals surface area contributed by atoms with Gasteiger partial charge in [0.05, 0.1) is 0 Å². The van der Waals surface area contributed by atoms with Gasteiger partial charge in [-0.2, -0.15) is 0 Å². The Morgan fingerprint density at radius 1 is 1.33 bits per heavy atom. The van der Waals surface area contributed by atoms with E-state index < -0.39 is 0 Å². The molecular weight excluding hydrogens is 160 g/mol. The predicted octanol–water partition coefficient (Wildman–Crippen LogP) is 2.99. The minimum atomic E-state index is 0.613. The van der Waals surface area contributed by atoms with Gasteiger partial charge in [-0.3, -0.25) is 0 Å². The molecule has 0 fully saturated rings. The van der Waals surface area contributed by atoms with E-state index in [1.165, 1.54) is 16.7 Å². The van der Waals surface area contributed by atoms with Crippen molar-refractivity contribution in [3.05, 3.63) is 34.9 Å². The van der Waals surface area contributed by atoms with E-state index in [1.807, 2.05) is 0 Å². The molecular formula is C11H15Si. The van der Waals surface area contributed by atoms with Gasteiger partial charge in [0, 0.05) is 10.2 Å². The summed E-state index contributed by atoms with van der Waals surface area (Å²) in [7, 11) is 3.56. The zero-order valence-electron chi connectivity index (χ0n) is 8.02. The summed E-state index contributed by atoms with van der Waals surface area (Å²) < 4.78 is 0. The van der Waals surface area contributed by atoms with Gasteiger partial charge in [-0.05, 0) is 30.9 Å². The van der Waals surface area contributed by atoms with E-state index in [9.17, 15) is 0 Å². The molecule has 1 rings (SSSR count). The molecule has 1 heteroatoms. The van der Waals surface area contributed by atoms with E-state index in [1.54, 1.807) is 0 Å².